The van der Waals surface area contributed by atoms with Gasteiger partial charge < -0.3 is 9.73 Å². The molecule has 0 fully saturated rings. The van der Waals surface area contributed by atoms with Gasteiger partial charge in [0, 0.05) is 16.7 Å². The number of hydrogen-bond acceptors (Lipinski definition) is 4. The predicted molar refractivity (Wildman–Crippen MR) is 102 cm³/mol. The highest BCUT2D eigenvalue weighted by molar-refractivity contribution is 5.94. The lowest BCUT2D eigenvalue weighted by Gasteiger charge is -2.16. The third-order valence-electron chi connectivity index (χ3n) is 4.24. The van der Waals surface area contributed by atoms with Crippen LogP contribution in [0, 0.1) is 5.82 Å². The van der Waals surface area contributed by atoms with Gasteiger partial charge in [-0.2, -0.15) is 0 Å². The van der Waals surface area contributed by atoms with Crippen LogP contribution in [0.1, 0.15) is 27.9 Å². The van der Waals surface area contributed by atoms with Crippen molar-refractivity contribution in [3.63, 3.8) is 0 Å². The lowest BCUT2D eigenvalue weighted by molar-refractivity contribution is 0.0937. The Kier molecular flexibility index (Phi) is 4.93. The molecule has 1 aromatic heterocycles. The smallest absolute Gasteiger partial charge is 0.252 e. The van der Waals surface area contributed by atoms with Crippen LogP contribution in [0.3, 0.4) is 0 Å². The van der Waals surface area contributed by atoms with Gasteiger partial charge in [-0.05, 0) is 30.3 Å². The van der Waals surface area contributed by atoms with Crippen LogP contribution < -0.4 is 5.32 Å². The first-order valence-corrected chi connectivity index (χ1v) is 8.71. The van der Waals surface area contributed by atoms with Crippen LogP contribution in [-0.4, -0.2) is 16.1 Å². The Morgan fingerprint density at radius 2 is 1.50 bits per heavy atom. The Morgan fingerprint density at radius 1 is 0.857 bits per heavy atom. The molecule has 0 aliphatic heterocycles. The van der Waals surface area contributed by atoms with Crippen molar-refractivity contribution in [1.82, 2.24) is 15.5 Å². The molecule has 5 nitrogen and oxygen atoms in total. The summed E-state index contributed by atoms with van der Waals surface area (Å²) in [5, 5.41) is 10.9. The zero-order valence-electron chi connectivity index (χ0n) is 14.7. The van der Waals surface area contributed by atoms with Gasteiger partial charge in [0.2, 0.25) is 11.8 Å². The number of carbonyl (C=O) groups excluding carboxylic acids is 1. The Morgan fingerprint density at radius 3 is 2.21 bits per heavy atom. The van der Waals surface area contributed by atoms with Gasteiger partial charge >= 0.3 is 0 Å². The molecule has 4 rings (SSSR count). The molecule has 0 saturated heterocycles. The van der Waals surface area contributed by atoms with E-state index in [4.69, 9.17) is 4.42 Å². The van der Waals surface area contributed by atoms with E-state index in [1.807, 2.05) is 36.4 Å². The number of rotatable bonds is 5. The topological polar surface area (TPSA) is 68.0 Å². The second-order valence-electron chi connectivity index (χ2n) is 6.11. The number of nitrogens with one attached hydrogen (secondary N) is 1. The molecule has 0 radical (unpaired) electrons. The maximum atomic E-state index is 14.5. The lowest BCUT2D eigenvalue weighted by Crippen LogP contribution is -2.30. The fourth-order valence-electron chi connectivity index (χ4n) is 2.83. The first-order valence-electron chi connectivity index (χ1n) is 8.71. The van der Waals surface area contributed by atoms with Crippen molar-refractivity contribution in [2.24, 2.45) is 0 Å². The van der Waals surface area contributed by atoms with E-state index in [0.29, 0.717) is 11.5 Å². The highest BCUT2D eigenvalue weighted by Crippen LogP contribution is 2.27. The van der Waals surface area contributed by atoms with Gasteiger partial charge in [-0.25, -0.2) is 4.39 Å². The van der Waals surface area contributed by atoms with Crippen LogP contribution >= 0.6 is 0 Å². The highest BCUT2D eigenvalue weighted by Gasteiger charge is 2.26. The summed E-state index contributed by atoms with van der Waals surface area (Å²) in [6, 6.07) is 23.2. The summed E-state index contributed by atoms with van der Waals surface area (Å²) in [6.45, 7) is 0. The molecule has 1 N–H and O–H groups in total. The average Bonchev–Trinajstić information content (AvgIpc) is 3.24. The van der Waals surface area contributed by atoms with E-state index in [1.165, 1.54) is 6.07 Å². The molecule has 28 heavy (non-hydrogen) atoms. The third-order valence-corrected chi connectivity index (χ3v) is 4.24. The van der Waals surface area contributed by atoms with Crippen molar-refractivity contribution in [2.45, 2.75) is 6.04 Å². The molecule has 0 saturated carbocycles. The fraction of sp³-hybridized carbons (Fsp3) is 0.0455. The van der Waals surface area contributed by atoms with Crippen molar-refractivity contribution < 1.29 is 13.6 Å². The molecular formula is C22H16FN3O2. The first-order chi connectivity index (χ1) is 13.7. The van der Waals surface area contributed by atoms with Crippen molar-refractivity contribution in [1.29, 1.82) is 0 Å². The summed E-state index contributed by atoms with van der Waals surface area (Å²) in [7, 11) is 0. The minimum atomic E-state index is -0.918. The zero-order valence-corrected chi connectivity index (χ0v) is 14.7. The standard InChI is InChI=1S/C22H16FN3O2/c23-18-14-8-7-13-17(18)19(24-20(27)15-9-3-1-4-10-15)22-26-25-21(28-22)16-11-5-2-6-12-16/h1-14,19H,(H,24,27)/t19-/m0/s1. The largest absolute Gasteiger partial charge is 0.418 e. The summed E-state index contributed by atoms with van der Waals surface area (Å²) in [6.07, 6.45) is 0. The van der Waals surface area contributed by atoms with Gasteiger partial charge in [0.05, 0.1) is 0 Å². The minimum Gasteiger partial charge on any atom is -0.418 e. The van der Waals surface area contributed by atoms with Gasteiger partial charge in [-0.1, -0.05) is 54.6 Å². The van der Waals surface area contributed by atoms with Crippen LogP contribution in [-0.2, 0) is 0 Å². The molecule has 6 heteroatoms. The maximum Gasteiger partial charge on any atom is 0.252 e. The minimum absolute atomic E-state index is 0.105. The molecule has 1 amide bonds. The number of amides is 1. The summed E-state index contributed by atoms with van der Waals surface area (Å²) in [5.74, 6) is -0.437. The molecular weight excluding hydrogens is 357 g/mol. The number of nitrogens with zero attached hydrogens (tertiary/aromatic N) is 2. The summed E-state index contributed by atoms with van der Waals surface area (Å²) in [4.78, 5) is 12.7. The van der Waals surface area contributed by atoms with E-state index in [-0.39, 0.29) is 17.4 Å². The molecule has 0 aliphatic rings. The average molecular weight is 373 g/mol. The summed E-state index contributed by atoms with van der Waals surface area (Å²) >= 11 is 0. The van der Waals surface area contributed by atoms with Gasteiger partial charge in [0.15, 0.2) is 0 Å². The molecule has 138 valence electrons. The van der Waals surface area contributed by atoms with Crippen LogP contribution in [0.2, 0.25) is 0 Å². The van der Waals surface area contributed by atoms with Crippen molar-refractivity contribution in [2.75, 3.05) is 0 Å². The van der Waals surface area contributed by atoms with Crippen LogP contribution in [0.4, 0.5) is 4.39 Å². The monoisotopic (exact) mass is 373 g/mol. The Bertz CT molecular complexity index is 1080. The Balaban J connectivity index is 1.71. The molecule has 0 aliphatic carbocycles. The number of hydrogen-bond donors (Lipinski definition) is 1. The fourth-order valence-corrected chi connectivity index (χ4v) is 2.83. The third kappa shape index (κ3) is 3.66. The number of carbonyl (C=O) groups is 1. The number of halogens is 1. The van der Waals surface area contributed by atoms with Gasteiger partial charge in [0.25, 0.3) is 5.91 Å². The second kappa shape index (κ2) is 7.84. The molecule has 1 heterocycles. The predicted octanol–water partition coefficient (Wildman–Crippen LogP) is 4.40. The van der Waals surface area contributed by atoms with E-state index < -0.39 is 11.9 Å². The number of benzene rings is 3. The second-order valence-corrected chi connectivity index (χ2v) is 6.11. The highest BCUT2D eigenvalue weighted by atomic mass is 19.1. The van der Waals surface area contributed by atoms with Crippen molar-refractivity contribution in [3.8, 4) is 11.5 Å². The summed E-state index contributed by atoms with van der Waals surface area (Å²) in [5.41, 5.74) is 1.43. The normalized spacial score (nSPS) is 11.8. The zero-order chi connectivity index (χ0) is 19.3. The Hall–Kier alpha value is -3.80. The van der Waals surface area contributed by atoms with Crippen LogP contribution in [0.25, 0.3) is 11.5 Å². The molecule has 0 spiro atoms. The first kappa shape index (κ1) is 17.6. The lowest BCUT2D eigenvalue weighted by atomic mass is 10.1. The van der Waals surface area contributed by atoms with E-state index in [1.54, 1.807) is 42.5 Å². The molecule has 4 aromatic rings. The van der Waals surface area contributed by atoms with E-state index in [9.17, 15) is 9.18 Å². The van der Waals surface area contributed by atoms with Crippen molar-refractivity contribution in [3.05, 3.63) is 108 Å². The van der Waals surface area contributed by atoms with Gasteiger partial charge in [-0.3, -0.25) is 4.79 Å². The van der Waals surface area contributed by atoms with E-state index >= 15 is 0 Å². The molecule has 1 atom stereocenters. The SMILES string of the molecule is O=C(N[C@H](c1nnc(-c2ccccc2)o1)c1ccccc1F)c1ccccc1. The van der Waals surface area contributed by atoms with Gasteiger partial charge in [0.1, 0.15) is 11.9 Å². The van der Waals surface area contributed by atoms with Crippen LogP contribution in [0.15, 0.2) is 89.3 Å². The van der Waals surface area contributed by atoms with E-state index in [2.05, 4.69) is 15.5 Å². The van der Waals surface area contributed by atoms with Gasteiger partial charge in [-0.15, -0.1) is 10.2 Å². The van der Waals surface area contributed by atoms with Crippen molar-refractivity contribution >= 4 is 5.91 Å². The summed E-state index contributed by atoms with van der Waals surface area (Å²) < 4.78 is 20.2. The molecule has 3 aromatic carbocycles. The van der Waals surface area contributed by atoms with E-state index in [0.717, 1.165) is 5.56 Å². The quantitative estimate of drug-likeness (QED) is 0.563. The molecule has 0 unspecified atom stereocenters. The maximum absolute atomic E-state index is 14.5. The number of aromatic nitrogens is 2. The Labute approximate surface area is 160 Å². The van der Waals surface area contributed by atoms with Crippen LogP contribution in [0.5, 0.6) is 0 Å². The molecule has 0 bridgehead atoms.